The molecule has 4 rings (SSSR count). The van der Waals surface area contributed by atoms with E-state index in [1.165, 1.54) is 18.2 Å². The summed E-state index contributed by atoms with van der Waals surface area (Å²) in [6, 6.07) is 14.5. The van der Waals surface area contributed by atoms with E-state index in [-0.39, 0.29) is 22.0 Å². The average Bonchev–Trinajstić information content (AvgIpc) is 2.80. The molecule has 3 aromatic carbocycles. The predicted octanol–water partition coefficient (Wildman–Crippen LogP) is 4.31. The molecule has 3 aromatic rings. The first-order valence-corrected chi connectivity index (χ1v) is 11.2. The number of carbonyl (C=O) groups is 1. The lowest BCUT2D eigenvalue weighted by Gasteiger charge is -2.13. The van der Waals surface area contributed by atoms with Crippen LogP contribution in [0.5, 0.6) is 5.75 Å². The van der Waals surface area contributed by atoms with Gasteiger partial charge < -0.3 is 10.4 Å². The van der Waals surface area contributed by atoms with Gasteiger partial charge in [-0.1, -0.05) is 48.0 Å². The van der Waals surface area contributed by atoms with Gasteiger partial charge in [0.05, 0.1) is 10.6 Å². The van der Waals surface area contributed by atoms with E-state index in [4.69, 9.17) is 0 Å². The lowest BCUT2D eigenvalue weighted by molar-refractivity contribution is -0.114. The second-order valence-corrected chi connectivity index (χ2v) is 8.84. The number of azo groups is 1. The van der Waals surface area contributed by atoms with Crippen LogP contribution >= 0.6 is 0 Å². The maximum absolute atomic E-state index is 12.9. The van der Waals surface area contributed by atoms with E-state index < -0.39 is 15.9 Å². The molecule has 0 atom stereocenters. The highest BCUT2D eigenvalue weighted by molar-refractivity contribution is 7.92. The molecule has 0 aromatic heterocycles. The van der Waals surface area contributed by atoms with Crippen molar-refractivity contribution < 1.29 is 18.3 Å². The molecule has 0 aliphatic carbocycles. The van der Waals surface area contributed by atoms with Crippen molar-refractivity contribution in [1.82, 2.24) is 5.32 Å². The molecule has 0 fully saturated rings. The Bertz CT molecular complexity index is 1390. The van der Waals surface area contributed by atoms with Gasteiger partial charge in [0.15, 0.2) is 5.75 Å². The molecule has 0 spiro atoms. The molecular formula is C23H20N4O4S. The summed E-state index contributed by atoms with van der Waals surface area (Å²) in [4.78, 5) is 12.4. The average molecular weight is 449 g/mol. The molecule has 0 unspecified atom stereocenters. The van der Waals surface area contributed by atoms with Crippen molar-refractivity contribution >= 4 is 38.1 Å². The summed E-state index contributed by atoms with van der Waals surface area (Å²) in [7, 11) is -3.90. The van der Waals surface area contributed by atoms with Crippen molar-refractivity contribution in [3.63, 3.8) is 0 Å². The second kappa shape index (κ2) is 8.64. The van der Waals surface area contributed by atoms with Crippen LogP contribution in [0.3, 0.4) is 0 Å². The van der Waals surface area contributed by atoms with Gasteiger partial charge in [-0.3, -0.25) is 9.52 Å². The van der Waals surface area contributed by atoms with E-state index in [1.54, 1.807) is 54.8 Å². The zero-order valence-electron chi connectivity index (χ0n) is 17.1. The summed E-state index contributed by atoms with van der Waals surface area (Å²) < 4.78 is 28.4. The molecule has 3 N–H and O–H groups in total. The fourth-order valence-corrected chi connectivity index (χ4v) is 4.27. The fraction of sp³-hybridized carbons (Fsp3) is 0.0870. The molecule has 0 radical (unpaired) electrons. The smallest absolute Gasteiger partial charge is 0.295 e. The minimum Gasteiger partial charge on any atom is -0.505 e. The number of hydrogen-bond acceptors (Lipinski definition) is 6. The van der Waals surface area contributed by atoms with E-state index in [0.717, 1.165) is 5.56 Å². The van der Waals surface area contributed by atoms with Crippen LogP contribution < -0.4 is 10.0 Å². The highest BCUT2D eigenvalue weighted by Gasteiger charge is 2.19. The molecule has 0 saturated carbocycles. The number of nitrogens with zero attached hydrogens (tertiary/aromatic N) is 2. The van der Waals surface area contributed by atoms with Gasteiger partial charge in [-0.05, 0) is 37.4 Å². The minimum absolute atomic E-state index is 0.0304. The third kappa shape index (κ3) is 4.37. The molecule has 1 aliphatic heterocycles. The largest absolute Gasteiger partial charge is 0.505 e. The first-order valence-electron chi connectivity index (χ1n) is 9.75. The van der Waals surface area contributed by atoms with Gasteiger partial charge in [0.2, 0.25) is 0 Å². The van der Waals surface area contributed by atoms with Crippen LogP contribution in [-0.4, -0.2) is 26.0 Å². The Labute approximate surface area is 185 Å². The highest BCUT2D eigenvalue weighted by atomic mass is 32.2. The number of dihydropyridines is 1. The van der Waals surface area contributed by atoms with Gasteiger partial charge in [-0.2, -0.15) is 0 Å². The molecule has 9 heteroatoms. The monoisotopic (exact) mass is 448 g/mol. The van der Waals surface area contributed by atoms with Crippen molar-refractivity contribution in [1.29, 1.82) is 0 Å². The quantitative estimate of drug-likeness (QED) is 0.397. The Kier molecular flexibility index (Phi) is 5.74. The van der Waals surface area contributed by atoms with Crippen LogP contribution in [0.2, 0.25) is 0 Å². The van der Waals surface area contributed by atoms with Crippen LogP contribution in [0, 0.1) is 6.92 Å². The third-order valence-electron chi connectivity index (χ3n) is 4.89. The molecule has 1 amide bonds. The number of hydrogen-bond donors (Lipinski definition) is 3. The SMILES string of the molecule is Cc1ccc(S(=O)(=O)Nc2cc(N=NC(=O)C3=CCNC=C3)c(O)c3ccccc23)cc1. The third-order valence-corrected chi connectivity index (χ3v) is 6.27. The summed E-state index contributed by atoms with van der Waals surface area (Å²) in [5.41, 5.74) is 1.48. The van der Waals surface area contributed by atoms with Crippen LogP contribution in [-0.2, 0) is 14.8 Å². The van der Waals surface area contributed by atoms with Gasteiger partial charge in [-0.15, -0.1) is 10.2 Å². The second-order valence-electron chi connectivity index (χ2n) is 7.16. The minimum atomic E-state index is -3.90. The number of fused-ring (bicyclic) bond motifs is 1. The molecule has 1 aliphatic rings. The molecule has 162 valence electrons. The number of phenols is 1. The topological polar surface area (TPSA) is 120 Å². The molecule has 0 saturated heterocycles. The number of benzene rings is 3. The Morgan fingerprint density at radius 1 is 1.09 bits per heavy atom. The number of sulfonamides is 1. The number of amides is 1. The lowest BCUT2D eigenvalue weighted by atomic mass is 10.1. The first kappa shape index (κ1) is 21.3. The summed E-state index contributed by atoms with van der Waals surface area (Å²) in [6.07, 6.45) is 4.88. The lowest BCUT2D eigenvalue weighted by Crippen LogP contribution is -2.13. The van der Waals surface area contributed by atoms with Crippen LogP contribution in [0.1, 0.15) is 5.56 Å². The van der Waals surface area contributed by atoms with Gasteiger partial charge in [0.25, 0.3) is 15.9 Å². The molecule has 1 heterocycles. The molecular weight excluding hydrogens is 428 g/mol. The van der Waals surface area contributed by atoms with E-state index in [1.807, 2.05) is 6.92 Å². The number of anilines is 1. The molecule has 32 heavy (non-hydrogen) atoms. The Hall–Kier alpha value is -3.98. The fourth-order valence-electron chi connectivity index (χ4n) is 3.20. The van der Waals surface area contributed by atoms with Crippen molar-refractivity contribution in [3.05, 3.63) is 84.1 Å². The van der Waals surface area contributed by atoms with Crippen molar-refractivity contribution in [2.24, 2.45) is 10.2 Å². The Balaban J connectivity index is 1.74. The van der Waals surface area contributed by atoms with Gasteiger partial charge in [0.1, 0.15) is 5.69 Å². The normalized spacial score (nSPS) is 13.7. The van der Waals surface area contributed by atoms with E-state index >= 15 is 0 Å². The standard InChI is InChI=1S/C23H20N4O4S/c1-15-6-8-17(9-7-15)32(30,31)27-20-14-21(22(28)19-5-3-2-4-18(19)20)25-26-23(29)16-10-12-24-13-11-16/h2-12,14,24,27-28H,13H2,1H3. The predicted molar refractivity (Wildman–Crippen MR) is 122 cm³/mol. The summed E-state index contributed by atoms with van der Waals surface area (Å²) in [6.45, 7) is 2.37. The number of nitrogens with one attached hydrogen (secondary N) is 2. The number of aryl methyl sites for hydroxylation is 1. The van der Waals surface area contributed by atoms with Crippen molar-refractivity contribution in [3.8, 4) is 5.75 Å². The van der Waals surface area contributed by atoms with Gasteiger partial charge in [0, 0.05) is 22.9 Å². The zero-order chi connectivity index (χ0) is 22.7. The van der Waals surface area contributed by atoms with E-state index in [9.17, 15) is 18.3 Å². The maximum Gasteiger partial charge on any atom is 0.295 e. The van der Waals surface area contributed by atoms with E-state index in [0.29, 0.717) is 22.9 Å². The first-order chi connectivity index (χ1) is 15.3. The molecule has 8 nitrogen and oxygen atoms in total. The number of phenolic OH excluding ortho intramolecular Hbond substituents is 1. The van der Waals surface area contributed by atoms with Gasteiger partial charge in [-0.25, -0.2) is 8.42 Å². The Morgan fingerprint density at radius 2 is 1.81 bits per heavy atom. The summed E-state index contributed by atoms with van der Waals surface area (Å²) in [5, 5.41) is 22.0. The highest BCUT2D eigenvalue weighted by Crippen LogP contribution is 2.40. The summed E-state index contributed by atoms with van der Waals surface area (Å²) >= 11 is 0. The number of carbonyl (C=O) groups excluding carboxylic acids is 1. The summed E-state index contributed by atoms with van der Waals surface area (Å²) in [5.74, 6) is -0.776. The van der Waals surface area contributed by atoms with Gasteiger partial charge >= 0.3 is 0 Å². The van der Waals surface area contributed by atoms with Crippen molar-refractivity contribution in [2.75, 3.05) is 11.3 Å². The maximum atomic E-state index is 12.9. The van der Waals surface area contributed by atoms with Crippen LogP contribution in [0.15, 0.2) is 93.6 Å². The van der Waals surface area contributed by atoms with Crippen LogP contribution in [0.4, 0.5) is 11.4 Å². The molecule has 0 bridgehead atoms. The zero-order valence-corrected chi connectivity index (χ0v) is 17.9. The van der Waals surface area contributed by atoms with Crippen molar-refractivity contribution in [2.45, 2.75) is 11.8 Å². The number of aromatic hydroxyl groups is 1. The Morgan fingerprint density at radius 3 is 2.50 bits per heavy atom. The van der Waals surface area contributed by atoms with E-state index in [2.05, 4.69) is 20.3 Å². The number of rotatable bonds is 5. The van der Waals surface area contributed by atoms with Crippen LogP contribution in [0.25, 0.3) is 10.8 Å².